The van der Waals surface area contributed by atoms with Gasteiger partial charge in [0, 0.05) is 50.1 Å². The lowest BCUT2D eigenvalue weighted by atomic mass is 9.89. The van der Waals surface area contributed by atoms with E-state index in [1.54, 1.807) is 31.6 Å². The molecule has 2 aliphatic heterocycles. The zero-order valence-electron chi connectivity index (χ0n) is 26.5. The summed E-state index contributed by atoms with van der Waals surface area (Å²) in [4.78, 5) is 19.0. The number of nitrogens with one attached hydrogen (secondary N) is 1. The fourth-order valence-corrected chi connectivity index (χ4v) is 6.55. The third-order valence-corrected chi connectivity index (χ3v) is 9.22. The maximum Gasteiger partial charge on any atom is 0.253 e. The minimum absolute atomic E-state index is 0.0147. The second-order valence-electron chi connectivity index (χ2n) is 12.3. The van der Waals surface area contributed by atoms with E-state index in [0.717, 1.165) is 59.5 Å². The zero-order chi connectivity index (χ0) is 31.9. The van der Waals surface area contributed by atoms with Crippen LogP contribution in [0.1, 0.15) is 64.8 Å². The Labute approximate surface area is 271 Å². The number of nitrogens with zero attached hydrogens (tertiary/aromatic N) is 2. The molecular formula is C38H43N3O5. The third-order valence-electron chi connectivity index (χ3n) is 9.22. The molecule has 8 nitrogen and oxygen atoms in total. The number of hydrogen-bond donors (Lipinski definition) is 2. The van der Waals surface area contributed by atoms with Crippen molar-refractivity contribution in [2.24, 2.45) is 5.92 Å². The summed E-state index contributed by atoms with van der Waals surface area (Å²) in [5, 5.41) is 12.6. The molecule has 0 bridgehead atoms. The van der Waals surface area contributed by atoms with Crippen LogP contribution in [0.2, 0.25) is 0 Å². The van der Waals surface area contributed by atoms with Crippen molar-refractivity contribution in [3.8, 4) is 11.1 Å². The highest BCUT2D eigenvalue weighted by atomic mass is 16.7. The fourth-order valence-electron chi connectivity index (χ4n) is 6.55. The quantitative estimate of drug-likeness (QED) is 0.210. The van der Waals surface area contributed by atoms with Crippen molar-refractivity contribution >= 4 is 5.91 Å². The lowest BCUT2D eigenvalue weighted by molar-refractivity contribution is -0.276. The molecule has 3 heterocycles. The molecule has 8 heteroatoms. The van der Waals surface area contributed by atoms with Crippen LogP contribution < -0.4 is 5.32 Å². The first-order valence-corrected chi connectivity index (χ1v) is 16.1. The summed E-state index contributed by atoms with van der Waals surface area (Å²) in [6.07, 6.45) is 4.82. The molecule has 2 aliphatic rings. The topological polar surface area (TPSA) is 93.2 Å². The number of likely N-dealkylation sites (tertiary alicyclic amines) is 1. The van der Waals surface area contributed by atoms with Crippen LogP contribution in [0.25, 0.3) is 11.1 Å². The summed E-state index contributed by atoms with van der Waals surface area (Å²) < 4.78 is 19.0. The number of aliphatic hydroxyl groups is 1. The number of carbonyl (C=O) groups excluding carboxylic acids is 1. The number of ether oxygens (including phenoxy) is 3. The average molecular weight is 622 g/mol. The van der Waals surface area contributed by atoms with E-state index in [1.165, 1.54) is 6.42 Å². The summed E-state index contributed by atoms with van der Waals surface area (Å²) in [5.41, 5.74) is 6.62. The van der Waals surface area contributed by atoms with Crippen LogP contribution in [0, 0.1) is 5.92 Å². The predicted molar refractivity (Wildman–Crippen MR) is 177 cm³/mol. The second-order valence-corrected chi connectivity index (χ2v) is 12.3. The monoisotopic (exact) mass is 621 g/mol. The van der Waals surface area contributed by atoms with E-state index in [-0.39, 0.29) is 30.6 Å². The molecule has 240 valence electrons. The van der Waals surface area contributed by atoms with Crippen LogP contribution in [-0.2, 0) is 27.4 Å². The molecule has 0 aliphatic carbocycles. The second kappa shape index (κ2) is 15.1. The van der Waals surface area contributed by atoms with Crippen molar-refractivity contribution in [3.63, 3.8) is 0 Å². The van der Waals surface area contributed by atoms with E-state index in [4.69, 9.17) is 14.2 Å². The van der Waals surface area contributed by atoms with Gasteiger partial charge in [-0.1, -0.05) is 73.7 Å². The molecular weight excluding hydrogens is 578 g/mol. The van der Waals surface area contributed by atoms with Crippen LogP contribution >= 0.6 is 0 Å². The number of benzene rings is 3. The van der Waals surface area contributed by atoms with Gasteiger partial charge < -0.3 is 24.6 Å². The zero-order valence-corrected chi connectivity index (χ0v) is 26.5. The molecule has 0 spiro atoms. The molecule has 3 aromatic carbocycles. The van der Waals surface area contributed by atoms with Gasteiger partial charge in [0.2, 0.25) is 0 Å². The molecule has 2 fully saturated rings. The van der Waals surface area contributed by atoms with E-state index in [0.29, 0.717) is 18.2 Å². The highest BCUT2D eigenvalue weighted by Gasteiger charge is 2.40. The van der Waals surface area contributed by atoms with Gasteiger partial charge in [-0.15, -0.1) is 0 Å². The van der Waals surface area contributed by atoms with Gasteiger partial charge in [-0.05, 0) is 65.4 Å². The lowest BCUT2D eigenvalue weighted by Gasteiger charge is -2.43. The molecule has 0 radical (unpaired) electrons. The van der Waals surface area contributed by atoms with Gasteiger partial charge in [0.15, 0.2) is 6.29 Å². The molecule has 0 unspecified atom stereocenters. The standard InChI is InChI=1S/C38H43N3O5/c1-26-35(23-41-19-5-9-34(41)25-44-2)45-38(46-36(26)30-12-10-27(24-42)11-13-30)31-16-14-29(15-17-31)32-7-3-6-28(20-32)21-40-37(43)33-8-4-18-39-22-33/h3-4,6-8,10-18,20,22,26,34-36,38,42H,5,9,19,21,23-25H2,1-2H3,(H,40,43)/t26-,34-,35+,36+,38+/m0/s1. The summed E-state index contributed by atoms with van der Waals surface area (Å²) in [6.45, 7) is 5.24. The van der Waals surface area contributed by atoms with Crippen LogP contribution in [0.3, 0.4) is 0 Å². The minimum Gasteiger partial charge on any atom is -0.392 e. The maximum absolute atomic E-state index is 12.5. The number of amides is 1. The maximum atomic E-state index is 12.5. The van der Waals surface area contributed by atoms with E-state index in [2.05, 4.69) is 70.7 Å². The van der Waals surface area contributed by atoms with Crippen molar-refractivity contribution in [2.75, 3.05) is 26.8 Å². The Kier molecular flexibility index (Phi) is 10.5. The Hall–Kier alpha value is -3.92. The predicted octanol–water partition coefficient (Wildman–Crippen LogP) is 6.07. The van der Waals surface area contributed by atoms with Gasteiger partial charge >= 0.3 is 0 Å². The van der Waals surface area contributed by atoms with Crippen molar-refractivity contribution in [1.82, 2.24) is 15.2 Å². The van der Waals surface area contributed by atoms with Crippen LogP contribution in [0.15, 0.2) is 97.3 Å². The normalized spacial score (nSPS) is 23.3. The van der Waals surface area contributed by atoms with Crippen molar-refractivity contribution < 1.29 is 24.1 Å². The van der Waals surface area contributed by atoms with Crippen LogP contribution in [-0.4, -0.2) is 59.8 Å². The lowest BCUT2D eigenvalue weighted by Crippen LogP contribution is -2.46. The number of aliphatic hydroxyl groups excluding tert-OH is 1. The van der Waals surface area contributed by atoms with Crippen molar-refractivity contribution in [3.05, 3.63) is 125 Å². The molecule has 5 atom stereocenters. The Bertz CT molecular complexity index is 1560. The van der Waals surface area contributed by atoms with Crippen molar-refractivity contribution in [1.29, 1.82) is 0 Å². The third kappa shape index (κ3) is 7.54. The Morgan fingerprint density at radius 2 is 1.78 bits per heavy atom. The first-order valence-electron chi connectivity index (χ1n) is 16.1. The number of rotatable bonds is 11. The molecule has 2 saturated heterocycles. The summed E-state index contributed by atoms with van der Waals surface area (Å²) >= 11 is 0. The highest BCUT2D eigenvalue weighted by Crippen LogP contribution is 2.42. The largest absolute Gasteiger partial charge is 0.392 e. The Balaban J connectivity index is 1.18. The highest BCUT2D eigenvalue weighted by molar-refractivity contribution is 5.93. The first kappa shape index (κ1) is 32.0. The van der Waals surface area contributed by atoms with Crippen molar-refractivity contribution in [2.45, 2.75) is 57.5 Å². The number of aromatic nitrogens is 1. The Morgan fingerprint density at radius 1 is 0.978 bits per heavy atom. The molecule has 6 rings (SSSR count). The number of carbonyl (C=O) groups is 1. The summed E-state index contributed by atoms with van der Waals surface area (Å²) in [6, 6.07) is 28.5. The minimum atomic E-state index is -0.518. The van der Waals surface area contributed by atoms with Gasteiger partial charge in [0.25, 0.3) is 5.91 Å². The van der Waals surface area contributed by atoms with E-state index >= 15 is 0 Å². The number of methoxy groups -OCH3 is 1. The van der Waals surface area contributed by atoms with E-state index in [1.807, 2.05) is 24.3 Å². The average Bonchev–Trinajstić information content (AvgIpc) is 3.55. The Morgan fingerprint density at radius 3 is 2.52 bits per heavy atom. The molecule has 1 aromatic heterocycles. The van der Waals surface area contributed by atoms with E-state index < -0.39 is 6.29 Å². The number of hydrogen-bond acceptors (Lipinski definition) is 7. The SMILES string of the molecule is COC[C@@H]1CCCN1C[C@H]1O[C@@H](c2ccc(-c3cccc(CNC(=O)c4cccnc4)c3)cc2)O[C@@H](c2ccc(CO)cc2)[C@H]1C. The smallest absolute Gasteiger partial charge is 0.253 e. The first-order chi connectivity index (χ1) is 22.5. The fraction of sp³-hybridized carbons (Fsp3) is 0.368. The van der Waals surface area contributed by atoms with Gasteiger partial charge in [-0.2, -0.15) is 0 Å². The molecule has 1 amide bonds. The molecule has 4 aromatic rings. The molecule has 2 N–H and O–H groups in total. The van der Waals surface area contributed by atoms with Gasteiger partial charge in [-0.25, -0.2) is 0 Å². The van der Waals surface area contributed by atoms with Gasteiger partial charge in [0.1, 0.15) is 0 Å². The van der Waals surface area contributed by atoms with E-state index in [9.17, 15) is 9.90 Å². The van der Waals surface area contributed by atoms with Gasteiger partial charge in [0.05, 0.1) is 31.0 Å². The number of pyridine rings is 1. The van der Waals surface area contributed by atoms with Crippen LogP contribution in [0.5, 0.6) is 0 Å². The molecule has 0 saturated carbocycles. The van der Waals surface area contributed by atoms with Crippen LogP contribution in [0.4, 0.5) is 0 Å². The molecule has 46 heavy (non-hydrogen) atoms. The summed E-state index contributed by atoms with van der Waals surface area (Å²) in [5.74, 6) is -0.0229. The summed E-state index contributed by atoms with van der Waals surface area (Å²) in [7, 11) is 1.77. The van der Waals surface area contributed by atoms with Gasteiger partial charge in [-0.3, -0.25) is 14.7 Å².